The van der Waals surface area contributed by atoms with Gasteiger partial charge in [0, 0.05) is 37.4 Å². The van der Waals surface area contributed by atoms with Gasteiger partial charge in [0.2, 0.25) is 0 Å². The number of rotatable bonds is 3. The molecule has 1 aliphatic heterocycles. The maximum atomic E-state index is 12.5. The maximum absolute atomic E-state index is 12.5. The van der Waals surface area contributed by atoms with Gasteiger partial charge in [-0.2, -0.15) is 0 Å². The summed E-state index contributed by atoms with van der Waals surface area (Å²) >= 11 is 0. The minimum absolute atomic E-state index is 0.00230. The van der Waals surface area contributed by atoms with E-state index in [2.05, 4.69) is 4.74 Å². The van der Waals surface area contributed by atoms with Crippen LogP contribution in [0.15, 0.2) is 18.2 Å². The number of anilines is 1. The van der Waals surface area contributed by atoms with E-state index >= 15 is 0 Å². The van der Waals surface area contributed by atoms with E-state index in [1.54, 1.807) is 23.1 Å². The van der Waals surface area contributed by atoms with Crippen molar-refractivity contribution in [2.24, 2.45) is 0 Å². The molecule has 1 aliphatic rings. The summed E-state index contributed by atoms with van der Waals surface area (Å²) in [6, 6.07) is 5.39. The number of esters is 1. The van der Waals surface area contributed by atoms with Crippen LogP contribution in [0.3, 0.4) is 0 Å². The zero-order valence-electron chi connectivity index (χ0n) is 12.5. The summed E-state index contributed by atoms with van der Waals surface area (Å²) < 4.78 is 4.65. The second-order valence-electron chi connectivity index (χ2n) is 5.16. The molecule has 6 heteroatoms. The Morgan fingerprint density at radius 1 is 1.24 bits per heavy atom. The molecule has 0 bridgehead atoms. The first-order chi connectivity index (χ1) is 10.0. The molecule has 0 saturated carbocycles. The minimum Gasteiger partial charge on any atom is -0.468 e. The third-order valence-corrected chi connectivity index (χ3v) is 3.85. The van der Waals surface area contributed by atoms with Crippen molar-refractivity contribution in [3.63, 3.8) is 0 Å². The molecule has 0 aromatic heterocycles. The Morgan fingerprint density at radius 3 is 2.52 bits per heavy atom. The molecule has 114 valence electrons. The predicted molar refractivity (Wildman–Crippen MR) is 80.0 cm³/mol. The number of carbonyl (C=O) groups excluding carboxylic acids is 2. The number of carbonyl (C=O) groups is 2. The van der Waals surface area contributed by atoms with Crippen molar-refractivity contribution in [1.29, 1.82) is 0 Å². The Labute approximate surface area is 124 Å². The summed E-state index contributed by atoms with van der Waals surface area (Å²) in [6.45, 7) is 4.67. The van der Waals surface area contributed by atoms with Crippen LogP contribution >= 0.6 is 0 Å². The third-order valence-electron chi connectivity index (χ3n) is 3.85. The highest BCUT2D eigenvalue weighted by Crippen LogP contribution is 2.18. The molecule has 1 aromatic carbocycles. The molecule has 1 amide bonds. The van der Waals surface area contributed by atoms with Crippen LogP contribution in [-0.4, -0.2) is 61.5 Å². The Kier molecular flexibility index (Phi) is 4.80. The van der Waals surface area contributed by atoms with E-state index in [-0.39, 0.29) is 18.4 Å². The summed E-state index contributed by atoms with van der Waals surface area (Å²) in [7, 11) is 1.38. The van der Waals surface area contributed by atoms with Crippen molar-refractivity contribution >= 4 is 17.6 Å². The Balaban J connectivity index is 1.97. The number of piperazine rings is 1. The van der Waals surface area contributed by atoms with Crippen molar-refractivity contribution in [1.82, 2.24) is 9.80 Å². The van der Waals surface area contributed by atoms with Gasteiger partial charge in [0.25, 0.3) is 5.91 Å². The fourth-order valence-corrected chi connectivity index (χ4v) is 2.41. The molecule has 21 heavy (non-hydrogen) atoms. The molecular weight excluding hydrogens is 270 g/mol. The molecule has 0 radical (unpaired) electrons. The van der Waals surface area contributed by atoms with Crippen molar-refractivity contribution in [3.8, 4) is 0 Å². The first kappa shape index (κ1) is 15.3. The molecule has 0 atom stereocenters. The predicted octanol–water partition coefficient (Wildman–Crippen LogP) is 0.508. The van der Waals surface area contributed by atoms with Crippen LogP contribution < -0.4 is 5.73 Å². The number of ether oxygens (including phenoxy) is 1. The largest absolute Gasteiger partial charge is 0.468 e. The van der Waals surface area contributed by atoms with E-state index in [1.807, 2.05) is 11.8 Å². The van der Waals surface area contributed by atoms with Crippen LogP contribution in [0.5, 0.6) is 0 Å². The molecule has 1 heterocycles. The second kappa shape index (κ2) is 6.58. The topological polar surface area (TPSA) is 75.9 Å². The lowest BCUT2D eigenvalue weighted by atomic mass is 10.1. The zero-order chi connectivity index (χ0) is 15.4. The van der Waals surface area contributed by atoms with Crippen LogP contribution in [0.1, 0.15) is 15.9 Å². The average Bonchev–Trinajstić information content (AvgIpc) is 2.50. The third kappa shape index (κ3) is 3.52. The number of methoxy groups -OCH3 is 1. The van der Waals surface area contributed by atoms with Crippen molar-refractivity contribution < 1.29 is 14.3 Å². The van der Waals surface area contributed by atoms with Gasteiger partial charge in [0.15, 0.2) is 0 Å². The van der Waals surface area contributed by atoms with Gasteiger partial charge < -0.3 is 15.4 Å². The van der Waals surface area contributed by atoms with Crippen LogP contribution in [0.25, 0.3) is 0 Å². The quantitative estimate of drug-likeness (QED) is 0.648. The van der Waals surface area contributed by atoms with Crippen LogP contribution in [-0.2, 0) is 9.53 Å². The normalized spacial score (nSPS) is 15.8. The van der Waals surface area contributed by atoms with Gasteiger partial charge in [-0.25, -0.2) is 0 Å². The molecular formula is C15H21N3O3. The second-order valence-corrected chi connectivity index (χ2v) is 5.16. The summed E-state index contributed by atoms with van der Waals surface area (Å²) in [6.07, 6.45) is 0. The molecule has 1 aromatic rings. The number of benzene rings is 1. The number of hydrogen-bond acceptors (Lipinski definition) is 5. The molecule has 0 unspecified atom stereocenters. The molecule has 2 rings (SSSR count). The van der Waals surface area contributed by atoms with Gasteiger partial charge in [0.1, 0.15) is 0 Å². The minimum atomic E-state index is -0.249. The summed E-state index contributed by atoms with van der Waals surface area (Å²) in [5, 5.41) is 0. The monoisotopic (exact) mass is 291 g/mol. The van der Waals surface area contributed by atoms with Crippen molar-refractivity contribution in [2.45, 2.75) is 6.92 Å². The molecule has 6 nitrogen and oxygen atoms in total. The molecule has 1 saturated heterocycles. The fraction of sp³-hybridized carbons (Fsp3) is 0.467. The number of nitrogens with zero attached hydrogens (tertiary/aromatic N) is 2. The van der Waals surface area contributed by atoms with E-state index < -0.39 is 0 Å². The highest BCUT2D eigenvalue weighted by molar-refractivity contribution is 5.97. The molecule has 0 spiro atoms. The highest BCUT2D eigenvalue weighted by atomic mass is 16.5. The van der Waals surface area contributed by atoms with E-state index in [4.69, 9.17) is 5.73 Å². The Bertz CT molecular complexity index is 537. The van der Waals surface area contributed by atoms with Gasteiger partial charge in [-0.15, -0.1) is 0 Å². The summed E-state index contributed by atoms with van der Waals surface area (Å²) in [5.74, 6) is -0.251. The van der Waals surface area contributed by atoms with Gasteiger partial charge >= 0.3 is 5.97 Å². The Hall–Kier alpha value is -2.08. The fourth-order valence-electron chi connectivity index (χ4n) is 2.41. The smallest absolute Gasteiger partial charge is 0.319 e. The first-order valence-corrected chi connectivity index (χ1v) is 6.96. The number of hydrogen-bond donors (Lipinski definition) is 1. The van der Waals surface area contributed by atoms with E-state index in [0.717, 1.165) is 5.56 Å². The maximum Gasteiger partial charge on any atom is 0.319 e. The van der Waals surface area contributed by atoms with E-state index in [9.17, 15) is 9.59 Å². The molecule has 0 aliphatic carbocycles. The van der Waals surface area contributed by atoms with Crippen LogP contribution in [0.4, 0.5) is 5.69 Å². The number of nitrogens with two attached hydrogens (primary N) is 1. The van der Waals surface area contributed by atoms with Crippen LogP contribution in [0, 0.1) is 6.92 Å². The first-order valence-electron chi connectivity index (χ1n) is 6.96. The molecule has 1 fully saturated rings. The average molecular weight is 291 g/mol. The SMILES string of the molecule is COC(=O)CN1CCN(C(=O)c2cccc(N)c2C)CC1. The van der Waals surface area contributed by atoms with Gasteiger partial charge in [-0.1, -0.05) is 6.07 Å². The van der Waals surface area contributed by atoms with Crippen LogP contribution in [0.2, 0.25) is 0 Å². The van der Waals surface area contributed by atoms with Gasteiger partial charge in [-0.05, 0) is 24.6 Å². The molecule has 2 N–H and O–H groups in total. The standard InChI is InChI=1S/C15H21N3O3/c1-11-12(4-3-5-13(11)16)15(20)18-8-6-17(7-9-18)10-14(19)21-2/h3-5H,6-10,16H2,1-2H3. The lowest BCUT2D eigenvalue weighted by Gasteiger charge is -2.34. The highest BCUT2D eigenvalue weighted by Gasteiger charge is 2.24. The summed E-state index contributed by atoms with van der Waals surface area (Å²) in [4.78, 5) is 27.5. The zero-order valence-corrected chi connectivity index (χ0v) is 12.5. The van der Waals surface area contributed by atoms with Gasteiger partial charge in [-0.3, -0.25) is 14.5 Å². The van der Waals surface area contributed by atoms with E-state index in [1.165, 1.54) is 7.11 Å². The van der Waals surface area contributed by atoms with Crippen molar-refractivity contribution in [3.05, 3.63) is 29.3 Å². The van der Waals surface area contributed by atoms with Crippen molar-refractivity contribution in [2.75, 3.05) is 45.6 Å². The van der Waals surface area contributed by atoms with Gasteiger partial charge in [0.05, 0.1) is 13.7 Å². The lowest BCUT2D eigenvalue weighted by Crippen LogP contribution is -2.50. The number of amides is 1. The van der Waals surface area contributed by atoms with E-state index in [0.29, 0.717) is 37.4 Å². The number of nitrogen functional groups attached to an aromatic ring is 1. The Morgan fingerprint density at radius 2 is 1.90 bits per heavy atom. The lowest BCUT2D eigenvalue weighted by molar-refractivity contribution is -0.142. The summed E-state index contributed by atoms with van der Waals surface area (Å²) in [5.41, 5.74) is 7.95.